The van der Waals surface area contributed by atoms with E-state index in [0.29, 0.717) is 5.75 Å². The zero-order chi connectivity index (χ0) is 16.5. The molecule has 24 heavy (non-hydrogen) atoms. The van der Waals surface area contributed by atoms with Gasteiger partial charge in [-0.3, -0.25) is 0 Å². The van der Waals surface area contributed by atoms with Gasteiger partial charge in [0.1, 0.15) is 17.1 Å². The first kappa shape index (κ1) is 14.9. The molecule has 0 aliphatic heterocycles. The van der Waals surface area contributed by atoms with Crippen LogP contribution in [0.4, 0.5) is 0 Å². The number of rotatable bonds is 3. The van der Waals surface area contributed by atoms with E-state index in [0.717, 1.165) is 32.7 Å². The zero-order valence-electron chi connectivity index (χ0n) is 12.6. The van der Waals surface area contributed by atoms with E-state index in [4.69, 9.17) is 4.18 Å². The van der Waals surface area contributed by atoms with Crippen molar-refractivity contribution in [2.24, 2.45) is 0 Å². The predicted molar refractivity (Wildman–Crippen MR) is 96.4 cm³/mol. The standard InChI is InChI=1S/C20H14O3S/c21-24(22)23-20-13-17(14-6-2-1-3-7-14)11-18-10-15-8-4-5-9-16(15)12-19(18)20/h1-13H,(H,21,22)/p-1. The van der Waals surface area contributed by atoms with E-state index in [1.807, 2.05) is 60.7 Å². The minimum Gasteiger partial charge on any atom is -0.740 e. The second kappa shape index (κ2) is 6.07. The summed E-state index contributed by atoms with van der Waals surface area (Å²) >= 11 is -2.62. The molecule has 0 N–H and O–H groups in total. The third-order valence-electron chi connectivity index (χ3n) is 4.05. The van der Waals surface area contributed by atoms with E-state index in [9.17, 15) is 8.76 Å². The minimum atomic E-state index is -2.62. The molecule has 0 fully saturated rings. The largest absolute Gasteiger partial charge is 0.740 e. The third kappa shape index (κ3) is 2.77. The molecule has 4 aromatic rings. The summed E-state index contributed by atoms with van der Waals surface area (Å²) in [7, 11) is 0. The normalized spacial score (nSPS) is 12.4. The highest BCUT2D eigenvalue weighted by Gasteiger charge is 2.09. The van der Waals surface area contributed by atoms with Crippen molar-refractivity contribution in [3.05, 3.63) is 78.9 Å². The third-order valence-corrected chi connectivity index (χ3v) is 4.36. The monoisotopic (exact) mass is 333 g/mol. The molecule has 0 saturated carbocycles. The molecule has 1 unspecified atom stereocenters. The van der Waals surface area contributed by atoms with Crippen LogP contribution in [0.3, 0.4) is 0 Å². The van der Waals surface area contributed by atoms with E-state index in [1.165, 1.54) is 0 Å². The van der Waals surface area contributed by atoms with Crippen LogP contribution in [0.1, 0.15) is 0 Å². The summed E-state index contributed by atoms with van der Waals surface area (Å²) in [6.07, 6.45) is 0. The van der Waals surface area contributed by atoms with Crippen molar-refractivity contribution >= 4 is 32.9 Å². The number of fused-ring (bicyclic) bond motifs is 2. The van der Waals surface area contributed by atoms with Gasteiger partial charge in [-0.2, -0.15) is 0 Å². The number of benzene rings is 4. The second-order valence-corrected chi connectivity index (χ2v) is 6.12. The number of hydrogen-bond acceptors (Lipinski definition) is 3. The van der Waals surface area contributed by atoms with Gasteiger partial charge >= 0.3 is 0 Å². The lowest BCUT2D eigenvalue weighted by Gasteiger charge is -2.13. The fourth-order valence-corrected chi connectivity index (χ4v) is 3.24. The van der Waals surface area contributed by atoms with Crippen molar-refractivity contribution in [3.8, 4) is 16.9 Å². The van der Waals surface area contributed by atoms with Crippen molar-refractivity contribution in [3.63, 3.8) is 0 Å². The molecule has 3 nitrogen and oxygen atoms in total. The van der Waals surface area contributed by atoms with Crippen LogP contribution in [0.2, 0.25) is 0 Å². The first-order valence-corrected chi connectivity index (χ1v) is 8.50. The van der Waals surface area contributed by atoms with Gasteiger partial charge in [-0.1, -0.05) is 54.6 Å². The smallest absolute Gasteiger partial charge is 0.147 e. The topological polar surface area (TPSA) is 49.4 Å². The molecule has 0 heterocycles. The van der Waals surface area contributed by atoms with Crippen LogP contribution < -0.4 is 4.18 Å². The van der Waals surface area contributed by atoms with Crippen molar-refractivity contribution in [1.29, 1.82) is 0 Å². The average Bonchev–Trinajstić information content (AvgIpc) is 2.60. The van der Waals surface area contributed by atoms with Gasteiger partial charge in [-0.15, -0.1) is 0 Å². The maximum atomic E-state index is 11.1. The highest BCUT2D eigenvalue weighted by molar-refractivity contribution is 7.74. The van der Waals surface area contributed by atoms with Gasteiger partial charge in [0.15, 0.2) is 0 Å². The molecule has 0 aliphatic rings. The van der Waals surface area contributed by atoms with Gasteiger partial charge in [-0.25, -0.2) is 4.21 Å². The molecular formula is C20H13O3S-. The molecule has 0 saturated heterocycles. The van der Waals surface area contributed by atoms with E-state index in [-0.39, 0.29) is 0 Å². The Kier molecular flexibility index (Phi) is 3.76. The Morgan fingerprint density at radius 3 is 2.08 bits per heavy atom. The SMILES string of the molecule is O=S([O-])Oc1cc(-c2ccccc2)cc2cc3ccccc3cc12. The Morgan fingerprint density at radius 2 is 1.38 bits per heavy atom. The summed E-state index contributed by atoms with van der Waals surface area (Å²) in [6.45, 7) is 0. The molecule has 118 valence electrons. The van der Waals surface area contributed by atoms with Gasteiger partial charge in [0.25, 0.3) is 0 Å². The lowest BCUT2D eigenvalue weighted by atomic mass is 9.98. The van der Waals surface area contributed by atoms with Crippen LogP contribution in [-0.2, 0) is 11.4 Å². The van der Waals surface area contributed by atoms with Gasteiger partial charge in [0.05, 0.1) is 0 Å². The predicted octanol–water partition coefficient (Wildman–Crippen LogP) is 4.83. The van der Waals surface area contributed by atoms with Gasteiger partial charge < -0.3 is 8.74 Å². The highest BCUT2D eigenvalue weighted by atomic mass is 32.2. The van der Waals surface area contributed by atoms with Crippen LogP contribution in [0.25, 0.3) is 32.7 Å². The molecule has 0 spiro atoms. The lowest BCUT2D eigenvalue weighted by molar-refractivity contribution is 0.442. The molecule has 1 atom stereocenters. The Labute approximate surface area is 142 Å². The van der Waals surface area contributed by atoms with Crippen LogP contribution in [0.15, 0.2) is 78.9 Å². The summed E-state index contributed by atoms with van der Waals surface area (Å²) in [6, 6.07) is 25.6. The Balaban J connectivity index is 2.02. The molecular weight excluding hydrogens is 320 g/mol. The maximum absolute atomic E-state index is 11.1. The van der Waals surface area contributed by atoms with Crippen LogP contribution in [-0.4, -0.2) is 8.76 Å². The summed E-state index contributed by atoms with van der Waals surface area (Å²) in [5, 5.41) is 3.86. The molecule has 0 amide bonds. The molecule has 0 radical (unpaired) electrons. The molecule has 0 bridgehead atoms. The lowest BCUT2D eigenvalue weighted by Crippen LogP contribution is -1.99. The Morgan fingerprint density at radius 1 is 0.708 bits per heavy atom. The first-order chi connectivity index (χ1) is 11.7. The van der Waals surface area contributed by atoms with Crippen molar-refractivity contribution < 1.29 is 12.9 Å². The second-order valence-electron chi connectivity index (χ2n) is 5.55. The summed E-state index contributed by atoms with van der Waals surface area (Å²) in [5.41, 5.74) is 1.92. The van der Waals surface area contributed by atoms with Crippen LogP contribution >= 0.6 is 0 Å². The zero-order valence-corrected chi connectivity index (χ0v) is 13.5. The number of hydrogen-bond donors (Lipinski definition) is 0. The van der Waals surface area contributed by atoms with E-state index in [1.54, 1.807) is 6.07 Å². The fourth-order valence-electron chi connectivity index (χ4n) is 2.96. The summed E-state index contributed by atoms with van der Waals surface area (Å²) < 4.78 is 27.3. The summed E-state index contributed by atoms with van der Waals surface area (Å²) in [5.74, 6) is 0.338. The molecule has 0 aromatic heterocycles. The quantitative estimate of drug-likeness (QED) is 0.398. The highest BCUT2D eigenvalue weighted by Crippen LogP contribution is 2.35. The molecule has 4 heteroatoms. The Hall–Kier alpha value is -2.69. The fraction of sp³-hybridized carbons (Fsp3) is 0. The van der Waals surface area contributed by atoms with E-state index < -0.39 is 11.4 Å². The van der Waals surface area contributed by atoms with Crippen molar-refractivity contribution in [2.45, 2.75) is 0 Å². The maximum Gasteiger partial charge on any atom is 0.147 e. The van der Waals surface area contributed by atoms with Crippen LogP contribution in [0, 0.1) is 0 Å². The first-order valence-electron chi connectivity index (χ1n) is 7.50. The van der Waals surface area contributed by atoms with E-state index >= 15 is 0 Å². The van der Waals surface area contributed by atoms with Gasteiger partial charge in [0.2, 0.25) is 0 Å². The minimum absolute atomic E-state index is 0.338. The van der Waals surface area contributed by atoms with Crippen molar-refractivity contribution in [1.82, 2.24) is 0 Å². The molecule has 4 rings (SSSR count). The average molecular weight is 333 g/mol. The van der Waals surface area contributed by atoms with Crippen molar-refractivity contribution in [2.75, 3.05) is 0 Å². The van der Waals surface area contributed by atoms with E-state index in [2.05, 4.69) is 12.1 Å². The summed E-state index contributed by atoms with van der Waals surface area (Å²) in [4.78, 5) is 0. The van der Waals surface area contributed by atoms with Gasteiger partial charge in [-0.05, 0) is 51.6 Å². The molecule has 4 aromatic carbocycles. The Bertz CT molecular complexity index is 1060. The van der Waals surface area contributed by atoms with Gasteiger partial charge in [0, 0.05) is 5.39 Å². The van der Waals surface area contributed by atoms with Crippen LogP contribution in [0.5, 0.6) is 5.75 Å². The molecule has 0 aliphatic carbocycles.